The van der Waals surface area contributed by atoms with Crippen molar-refractivity contribution >= 4 is 28.6 Å². The third-order valence-electron chi connectivity index (χ3n) is 2.72. The van der Waals surface area contributed by atoms with Gasteiger partial charge in [0.05, 0.1) is 13.2 Å². The van der Waals surface area contributed by atoms with Crippen molar-refractivity contribution in [2.24, 2.45) is 5.73 Å². The van der Waals surface area contributed by atoms with E-state index in [0.29, 0.717) is 31.9 Å². The normalized spacial score (nSPS) is 10.7. The van der Waals surface area contributed by atoms with E-state index in [4.69, 9.17) is 10.5 Å². The van der Waals surface area contributed by atoms with Gasteiger partial charge in [-0.1, -0.05) is 6.07 Å². The Kier molecular flexibility index (Phi) is 5.66. The van der Waals surface area contributed by atoms with Gasteiger partial charge in [0.2, 0.25) is 0 Å². The summed E-state index contributed by atoms with van der Waals surface area (Å²) in [5.74, 6) is -0.0774. The minimum Gasteiger partial charge on any atom is -0.383 e. The molecule has 0 saturated carbocycles. The molecule has 0 aliphatic carbocycles. The van der Waals surface area contributed by atoms with Crippen molar-refractivity contribution in [1.82, 2.24) is 9.88 Å². The molecule has 0 atom stereocenters. The molecule has 0 bridgehead atoms. The van der Waals surface area contributed by atoms with Crippen LogP contribution in [0.25, 0.3) is 0 Å². The standard InChI is InChI=1S/C13H17N3O2S2/c1-18-5-4-16(8-10-3-2-6-19-10)13(17)11-9-20-12(7-14)15-11/h2-3,6,9H,4-5,7-8,14H2,1H3. The van der Waals surface area contributed by atoms with E-state index in [2.05, 4.69) is 4.98 Å². The molecule has 2 heterocycles. The molecule has 7 heteroatoms. The second-order valence-corrected chi connectivity index (χ2v) is 6.10. The molecule has 0 saturated heterocycles. The van der Waals surface area contributed by atoms with Crippen molar-refractivity contribution in [2.45, 2.75) is 13.1 Å². The lowest BCUT2D eigenvalue weighted by Gasteiger charge is -2.20. The zero-order chi connectivity index (χ0) is 14.4. The third kappa shape index (κ3) is 3.86. The maximum Gasteiger partial charge on any atom is 0.273 e. The van der Waals surface area contributed by atoms with Gasteiger partial charge in [-0.15, -0.1) is 22.7 Å². The Morgan fingerprint density at radius 1 is 1.50 bits per heavy atom. The molecular formula is C13H17N3O2S2. The molecule has 0 aliphatic rings. The number of aromatic nitrogens is 1. The van der Waals surface area contributed by atoms with Crippen LogP contribution in [-0.2, 0) is 17.8 Å². The second kappa shape index (κ2) is 7.49. The van der Waals surface area contributed by atoms with E-state index in [1.807, 2.05) is 17.5 Å². The molecule has 0 unspecified atom stereocenters. The Bertz CT molecular complexity index is 540. The predicted octanol–water partition coefficient (Wildman–Crippen LogP) is 1.95. The molecule has 0 aromatic carbocycles. The summed E-state index contributed by atoms with van der Waals surface area (Å²) in [6.45, 7) is 1.99. The van der Waals surface area contributed by atoms with Crippen LogP contribution in [0.5, 0.6) is 0 Å². The van der Waals surface area contributed by atoms with Crippen molar-refractivity contribution in [2.75, 3.05) is 20.3 Å². The average molecular weight is 311 g/mol. The first-order valence-electron chi connectivity index (χ1n) is 6.19. The van der Waals surface area contributed by atoms with Gasteiger partial charge in [0, 0.05) is 30.5 Å². The Hall–Kier alpha value is -1.28. The lowest BCUT2D eigenvalue weighted by Crippen LogP contribution is -2.33. The summed E-state index contributed by atoms with van der Waals surface area (Å²) in [4.78, 5) is 19.6. The fourth-order valence-corrected chi connectivity index (χ4v) is 3.08. The summed E-state index contributed by atoms with van der Waals surface area (Å²) >= 11 is 3.05. The zero-order valence-electron chi connectivity index (χ0n) is 11.2. The quantitative estimate of drug-likeness (QED) is 0.848. The predicted molar refractivity (Wildman–Crippen MR) is 80.9 cm³/mol. The SMILES string of the molecule is COCCN(Cc1cccs1)C(=O)c1csc(CN)n1. The number of hydrogen-bond acceptors (Lipinski definition) is 6. The molecule has 5 nitrogen and oxygen atoms in total. The number of ether oxygens (including phenoxy) is 1. The molecule has 2 aromatic rings. The fourth-order valence-electron chi connectivity index (χ4n) is 1.71. The molecule has 0 fully saturated rings. The highest BCUT2D eigenvalue weighted by Gasteiger charge is 2.19. The van der Waals surface area contributed by atoms with E-state index in [1.54, 1.807) is 28.7 Å². The smallest absolute Gasteiger partial charge is 0.273 e. The van der Waals surface area contributed by atoms with Gasteiger partial charge in [-0.25, -0.2) is 4.98 Å². The first-order valence-corrected chi connectivity index (χ1v) is 7.95. The molecule has 20 heavy (non-hydrogen) atoms. The number of thiophene rings is 1. The molecule has 2 N–H and O–H groups in total. The van der Waals surface area contributed by atoms with Crippen LogP contribution in [0.4, 0.5) is 0 Å². The highest BCUT2D eigenvalue weighted by Crippen LogP contribution is 2.16. The van der Waals surface area contributed by atoms with E-state index in [0.717, 1.165) is 9.88 Å². The maximum atomic E-state index is 12.5. The number of nitrogens with two attached hydrogens (primary N) is 1. The number of hydrogen-bond donors (Lipinski definition) is 1. The first kappa shape index (κ1) is 15.1. The Morgan fingerprint density at radius 2 is 2.35 bits per heavy atom. The van der Waals surface area contributed by atoms with Gasteiger partial charge in [-0.05, 0) is 11.4 Å². The first-order chi connectivity index (χ1) is 9.74. The van der Waals surface area contributed by atoms with Gasteiger partial charge in [0.25, 0.3) is 5.91 Å². The van der Waals surface area contributed by atoms with Gasteiger partial charge < -0.3 is 15.4 Å². The number of carbonyl (C=O) groups is 1. The Balaban J connectivity index is 2.10. The van der Waals surface area contributed by atoms with E-state index in [1.165, 1.54) is 11.3 Å². The largest absolute Gasteiger partial charge is 0.383 e. The van der Waals surface area contributed by atoms with Crippen molar-refractivity contribution in [3.8, 4) is 0 Å². The van der Waals surface area contributed by atoms with Crippen molar-refractivity contribution in [3.63, 3.8) is 0 Å². The highest BCUT2D eigenvalue weighted by atomic mass is 32.1. The second-order valence-electron chi connectivity index (χ2n) is 4.13. The molecular weight excluding hydrogens is 294 g/mol. The van der Waals surface area contributed by atoms with Gasteiger partial charge >= 0.3 is 0 Å². The minimum atomic E-state index is -0.0774. The van der Waals surface area contributed by atoms with Crippen LogP contribution < -0.4 is 5.73 Å². The average Bonchev–Trinajstić information content (AvgIpc) is 3.13. The van der Waals surface area contributed by atoms with Gasteiger partial charge in [0.1, 0.15) is 10.7 Å². The van der Waals surface area contributed by atoms with Crippen LogP contribution in [-0.4, -0.2) is 36.1 Å². The van der Waals surface area contributed by atoms with E-state index < -0.39 is 0 Å². The minimum absolute atomic E-state index is 0.0774. The Labute approximate surface area is 126 Å². The summed E-state index contributed by atoms with van der Waals surface area (Å²) < 4.78 is 5.08. The summed E-state index contributed by atoms with van der Waals surface area (Å²) in [5.41, 5.74) is 6.00. The monoisotopic (exact) mass is 311 g/mol. The summed E-state index contributed by atoms with van der Waals surface area (Å²) in [6, 6.07) is 4.00. The van der Waals surface area contributed by atoms with Crippen LogP contribution in [0.2, 0.25) is 0 Å². The van der Waals surface area contributed by atoms with Crippen LogP contribution in [0, 0.1) is 0 Å². The topological polar surface area (TPSA) is 68.5 Å². The van der Waals surface area contributed by atoms with Crippen LogP contribution in [0.3, 0.4) is 0 Å². The lowest BCUT2D eigenvalue weighted by atomic mass is 10.3. The maximum absolute atomic E-state index is 12.5. The van der Waals surface area contributed by atoms with Crippen molar-refractivity contribution < 1.29 is 9.53 Å². The Morgan fingerprint density at radius 3 is 2.95 bits per heavy atom. The molecule has 1 amide bonds. The molecule has 0 radical (unpaired) electrons. The lowest BCUT2D eigenvalue weighted by molar-refractivity contribution is 0.0677. The van der Waals surface area contributed by atoms with E-state index in [-0.39, 0.29) is 5.91 Å². The van der Waals surface area contributed by atoms with Crippen LogP contribution in [0.15, 0.2) is 22.9 Å². The molecule has 2 aromatic heterocycles. The van der Waals surface area contributed by atoms with Gasteiger partial charge in [-0.3, -0.25) is 4.79 Å². The number of methoxy groups -OCH3 is 1. The highest BCUT2D eigenvalue weighted by molar-refractivity contribution is 7.10. The van der Waals surface area contributed by atoms with Crippen LogP contribution >= 0.6 is 22.7 Å². The van der Waals surface area contributed by atoms with E-state index >= 15 is 0 Å². The molecule has 0 spiro atoms. The number of amides is 1. The van der Waals surface area contributed by atoms with Crippen LogP contribution in [0.1, 0.15) is 20.4 Å². The van der Waals surface area contributed by atoms with Gasteiger partial charge in [0.15, 0.2) is 0 Å². The summed E-state index contributed by atoms with van der Waals surface area (Å²) in [5, 5.41) is 4.54. The third-order valence-corrected chi connectivity index (χ3v) is 4.46. The number of rotatable bonds is 7. The number of thiazole rings is 1. The summed E-state index contributed by atoms with van der Waals surface area (Å²) in [7, 11) is 1.63. The van der Waals surface area contributed by atoms with Crippen molar-refractivity contribution in [1.29, 1.82) is 0 Å². The summed E-state index contributed by atoms with van der Waals surface area (Å²) in [6.07, 6.45) is 0. The van der Waals surface area contributed by atoms with Gasteiger partial charge in [-0.2, -0.15) is 0 Å². The van der Waals surface area contributed by atoms with E-state index in [9.17, 15) is 4.79 Å². The number of nitrogens with zero attached hydrogens (tertiary/aromatic N) is 2. The molecule has 108 valence electrons. The molecule has 0 aliphatic heterocycles. The molecule has 2 rings (SSSR count). The zero-order valence-corrected chi connectivity index (χ0v) is 12.9. The number of carbonyl (C=O) groups excluding carboxylic acids is 1. The fraction of sp³-hybridized carbons (Fsp3) is 0.385. The van der Waals surface area contributed by atoms with Crippen molar-refractivity contribution in [3.05, 3.63) is 38.5 Å².